The lowest BCUT2D eigenvalue weighted by Gasteiger charge is -2.18. The SMILES string of the molecule is C=CCCC(NCC)c1nccc2ccccc12. The van der Waals surface area contributed by atoms with Gasteiger partial charge < -0.3 is 5.32 Å². The Balaban J connectivity index is 2.39. The van der Waals surface area contributed by atoms with Gasteiger partial charge in [0.15, 0.2) is 0 Å². The standard InChI is InChI=1S/C16H20N2/c1-3-5-10-15(17-4-2)16-14-9-7-6-8-13(14)11-12-18-16/h3,6-9,11-12,15,17H,1,4-5,10H2,2H3. The normalized spacial score (nSPS) is 12.5. The van der Waals surface area contributed by atoms with E-state index < -0.39 is 0 Å². The van der Waals surface area contributed by atoms with E-state index in [-0.39, 0.29) is 0 Å². The average molecular weight is 240 g/mol. The zero-order chi connectivity index (χ0) is 12.8. The van der Waals surface area contributed by atoms with Crippen molar-refractivity contribution >= 4 is 10.8 Å². The van der Waals surface area contributed by atoms with Crippen molar-refractivity contribution < 1.29 is 0 Å². The van der Waals surface area contributed by atoms with Gasteiger partial charge in [0.05, 0.1) is 11.7 Å². The summed E-state index contributed by atoms with van der Waals surface area (Å²) in [6.45, 7) is 6.88. The molecule has 0 aliphatic carbocycles. The van der Waals surface area contributed by atoms with Gasteiger partial charge in [-0.1, -0.05) is 37.3 Å². The van der Waals surface area contributed by atoms with Crippen molar-refractivity contribution in [3.05, 3.63) is 54.9 Å². The second kappa shape index (κ2) is 6.31. The molecule has 2 nitrogen and oxygen atoms in total. The fraction of sp³-hybridized carbons (Fsp3) is 0.312. The summed E-state index contributed by atoms with van der Waals surface area (Å²) in [5.74, 6) is 0. The van der Waals surface area contributed by atoms with E-state index in [9.17, 15) is 0 Å². The minimum atomic E-state index is 0.305. The molecule has 0 saturated heterocycles. The Morgan fingerprint density at radius 1 is 1.33 bits per heavy atom. The van der Waals surface area contributed by atoms with Crippen molar-refractivity contribution in [2.75, 3.05) is 6.54 Å². The van der Waals surface area contributed by atoms with Gasteiger partial charge in [0.2, 0.25) is 0 Å². The van der Waals surface area contributed by atoms with Gasteiger partial charge >= 0.3 is 0 Å². The van der Waals surface area contributed by atoms with E-state index in [4.69, 9.17) is 0 Å². The number of fused-ring (bicyclic) bond motifs is 1. The Hall–Kier alpha value is -1.67. The maximum atomic E-state index is 4.58. The van der Waals surface area contributed by atoms with E-state index in [1.807, 2.05) is 12.3 Å². The second-order valence-electron chi connectivity index (χ2n) is 4.39. The van der Waals surface area contributed by atoms with Gasteiger partial charge in [0.1, 0.15) is 0 Å². The Morgan fingerprint density at radius 3 is 2.94 bits per heavy atom. The van der Waals surface area contributed by atoms with Crippen molar-refractivity contribution in [3.63, 3.8) is 0 Å². The Labute approximate surface area is 109 Å². The van der Waals surface area contributed by atoms with Crippen molar-refractivity contribution in [1.82, 2.24) is 10.3 Å². The minimum absolute atomic E-state index is 0.305. The van der Waals surface area contributed by atoms with Crippen LogP contribution in [0.15, 0.2) is 49.2 Å². The van der Waals surface area contributed by atoms with E-state index in [0.717, 1.165) is 25.1 Å². The number of allylic oxidation sites excluding steroid dienone is 1. The third-order valence-corrected chi connectivity index (χ3v) is 3.14. The highest BCUT2D eigenvalue weighted by Crippen LogP contribution is 2.25. The van der Waals surface area contributed by atoms with Crippen LogP contribution in [0.2, 0.25) is 0 Å². The first-order valence-corrected chi connectivity index (χ1v) is 6.54. The molecule has 18 heavy (non-hydrogen) atoms. The summed E-state index contributed by atoms with van der Waals surface area (Å²) in [5, 5.41) is 6.01. The first-order chi connectivity index (χ1) is 8.86. The maximum Gasteiger partial charge on any atom is 0.0651 e. The highest BCUT2D eigenvalue weighted by atomic mass is 14.9. The molecule has 0 fully saturated rings. The Bertz CT molecular complexity index is 514. The van der Waals surface area contributed by atoms with Crippen LogP contribution in [0.1, 0.15) is 31.5 Å². The lowest BCUT2D eigenvalue weighted by atomic mass is 10.0. The van der Waals surface area contributed by atoms with Crippen LogP contribution >= 0.6 is 0 Å². The molecule has 1 N–H and O–H groups in total. The molecule has 0 saturated carbocycles. The maximum absolute atomic E-state index is 4.58. The van der Waals surface area contributed by atoms with E-state index in [1.165, 1.54) is 10.8 Å². The van der Waals surface area contributed by atoms with Crippen molar-refractivity contribution in [2.24, 2.45) is 0 Å². The van der Waals surface area contributed by atoms with Gasteiger partial charge in [-0.15, -0.1) is 6.58 Å². The highest BCUT2D eigenvalue weighted by Gasteiger charge is 2.13. The molecule has 0 amide bonds. The van der Waals surface area contributed by atoms with Crippen LogP contribution in [0.3, 0.4) is 0 Å². The second-order valence-corrected chi connectivity index (χ2v) is 4.39. The average Bonchev–Trinajstić information content (AvgIpc) is 2.43. The van der Waals surface area contributed by atoms with Crippen LogP contribution in [-0.2, 0) is 0 Å². The van der Waals surface area contributed by atoms with Gasteiger partial charge in [-0.25, -0.2) is 0 Å². The summed E-state index contributed by atoms with van der Waals surface area (Å²) in [6.07, 6.45) is 5.91. The highest BCUT2D eigenvalue weighted by molar-refractivity contribution is 5.84. The fourth-order valence-corrected chi connectivity index (χ4v) is 2.29. The molecule has 0 spiro atoms. The molecule has 0 radical (unpaired) electrons. The smallest absolute Gasteiger partial charge is 0.0651 e. The first kappa shape index (κ1) is 12.8. The van der Waals surface area contributed by atoms with Gasteiger partial charge in [-0.05, 0) is 30.8 Å². The molecule has 0 aliphatic heterocycles. The molecule has 1 aromatic heterocycles. The van der Waals surface area contributed by atoms with E-state index >= 15 is 0 Å². The molecule has 2 heteroatoms. The van der Waals surface area contributed by atoms with Gasteiger partial charge in [-0.3, -0.25) is 4.98 Å². The zero-order valence-corrected chi connectivity index (χ0v) is 10.9. The lowest BCUT2D eigenvalue weighted by molar-refractivity contribution is 0.512. The molecular formula is C16H20N2. The molecule has 94 valence electrons. The molecule has 2 aromatic rings. The number of hydrogen-bond donors (Lipinski definition) is 1. The summed E-state index contributed by atoms with van der Waals surface area (Å²) < 4.78 is 0. The topological polar surface area (TPSA) is 24.9 Å². The number of rotatable bonds is 6. The fourth-order valence-electron chi connectivity index (χ4n) is 2.29. The summed E-state index contributed by atoms with van der Waals surface area (Å²) in [6, 6.07) is 10.8. The molecule has 0 aliphatic rings. The van der Waals surface area contributed by atoms with Crippen LogP contribution in [0.4, 0.5) is 0 Å². The monoisotopic (exact) mass is 240 g/mol. The molecule has 0 bridgehead atoms. The number of pyridine rings is 1. The molecule has 1 aromatic carbocycles. The van der Waals surface area contributed by atoms with E-state index in [0.29, 0.717) is 6.04 Å². The van der Waals surface area contributed by atoms with Crippen molar-refractivity contribution in [3.8, 4) is 0 Å². The zero-order valence-electron chi connectivity index (χ0n) is 10.9. The Kier molecular flexibility index (Phi) is 4.48. The predicted molar refractivity (Wildman–Crippen MR) is 77.6 cm³/mol. The number of benzene rings is 1. The van der Waals surface area contributed by atoms with Gasteiger partial charge in [-0.2, -0.15) is 0 Å². The third kappa shape index (κ3) is 2.77. The summed E-state index contributed by atoms with van der Waals surface area (Å²) in [4.78, 5) is 4.58. The summed E-state index contributed by atoms with van der Waals surface area (Å²) >= 11 is 0. The first-order valence-electron chi connectivity index (χ1n) is 6.54. The van der Waals surface area contributed by atoms with Crippen molar-refractivity contribution in [2.45, 2.75) is 25.8 Å². The number of hydrogen-bond acceptors (Lipinski definition) is 2. The number of nitrogens with one attached hydrogen (secondary N) is 1. The summed E-state index contributed by atoms with van der Waals surface area (Å²) in [7, 11) is 0. The lowest BCUT2D eigenvalue weighted by Crippen LogP contribution is -2.22. The minimum Gasteiger partial charge on any atom is -0.309 e. The van der Waals surface area contributed by atoms with Crippen LogP contribution in [0.5, 0.6) is 0 Å². The van der Waals surface area contributed by atoms with Crippen LogP contribution in [0, 0.1) is 0 Å². The van der Waals surface area contributed by atoms with Gasteiger partial charge in [0, 0.05) is 11.6 Å². The van der Waals surface area contributed by atoms with Crippen LogP contribution in [-0.4, -0.2) is 11.5 Å². The number of aromatic nitrogens is 1. The molecule has 1 atom stereocenters. The van der Waals surface area contributed by atoms with E-state index in [2.05, 4.69) is 54.1 Å². The van der Waals surface area contributed by atoms with Crippen LogP contribution in [0.25, 0.3) is 10.8 Å². The molecule has 1 unspecified atom stereocenters. The Morgan fingerprint density at radius 2 is 2.17 bits per heavy atom. The predicted octanol–water partition coefficient (Wildman–Crippen LogP) is 3.85. The molecule has 2 rings (SSSR count). The third-order valence-electron chi connectivity index (χ3n) is 3.14. The molecular weight excluding hydrogens is 220 g/mol. The molecule has 1 heterocycles. The summed E-state index contributed by atoms with van der Waals surface area (Å²) in [5.41, 5.74) is 1.15. The van der Waals surface area contributed by atoms with Gasteiger partial charge in [0.25, 0.3) is 0 Å². The largest absolute Gasteiger partial charge is 0.309 e. The quantitative estimate of drug-likeness (QED) is 0.776. The number of nitrogens with zero attached hydrogens (tertiary/aromatic N) is 1. The van der Waals surface area contributed by atoms with Crippen LogP contribution < -0.4 is 5.32 Å². The van der Waals surface area contributed by atoms with E-state index in [1.54, 1.807) is 0 Å². The van der Waals surface area contributed by atoms with Crippen molar-refractivity contribution in [1.29, 1.82) is 0 Å².